The molecule has 12 nitrogen and oxygen atoms in total. The molecule has 1 aliphatic rings. The van der Waals surface area contributed by atoms with Gasteiger partial charge in [0.05, 0.1) is 23.8 Å². The van der Waals surface area contributed by atoms with Crippen molar-refractivity contribution in [1.29, 1.82) is 0 Å². The SMILES string of the molecule is COC(=O)C(Cc1cn(C(=O)OC(C)(C)C)c2ccc(B3OC(C)(C)C(C)(C)O3)cc12)N(C(=O)OC(C)(C)C)C(=O)OC(C)(C)C. The molecule has 1 aromatic carbocycles. The number of carbonyl (C=O) groups is 4. The zero-order valence-corrected chi connectivity index (χ0v) is 29.6. The summed E-state index contributed by atoms with van der Waals surface area (Å²) in [5, 5.41) is 0.542. The Hall–Kier alpha value is -3.58. The first kappa shape index (κ1) is 36.9. The van der Waals surface area contributed by atoms with Crippen LogP contribution in [0.4, 0.5) is 14.4 Å². The van der Waals surface area contributed by atoms with Crippen LogP contribution in [0.5, 0.6) is 0 Å². The molecule has 0 radical (unpaired) electrons. The van der Waals surface area contributed by atoms with E-state index in [0.717, 1.165) is 7.11 Å². The fraction of sp³-hybridized carbons (Fsp3) is 0.636. The van der Waals surface area contributed by atoms with E-state index in [4.69, 9.17) is 28.3 Å². The minimum absolute atomic E-state index is 0.246. The number of hydrogen-bond acceptors (Lipinski definition) is 10. The Balaban J connectivity index is 2.22. The van der Waals surface area contributed by atoms with E-state index in [-0.39, 0.29) is 6.42 Å². The number of nitrogens with zero attached hydrogens (tertiary/aromatic N) is 2. The van der Waals surface area contributed by atoms with Crippen molar-refractivity contribution >= 4 is 47.7 Å². The molecule has 254 valence electrons. The summed E-state index contributed by atoms with van der Waals surface area (Å²) in [6.07, 6.45) is -1.57. The third-order valence-electron chi connectivity index (χ3n) is 7.41. The Labute approximate surface area is 272 Å². The van der Waals surface area contributed by atoms with Crippen LogP contribution in [0.15, 0.2) is 24.4 Å². The first-order valence-corrected chi connectivity index (χ1v) is 15.3. The average Bonchev–Trinajstić information content (AvgIpc) is 3.32. The van der Waals surface area contributed by atoms with E-state index in [2.05, 4.69) is 0 Å². The molecule has 0 spiro atoms. The fourth-order valence-corrected chi connectivity index (χ4v) is 4.64. The van der Waals surface area contributed by atoms with Gasteiger partial charge in [0.25, 0.3) is 0 Å². The molecule has 1 atom stereocenters. The summed E-state index contributed by atoms with van der Waals surface area (Å²) in [5.74, 6) is -0.892. The molecule has 1 unspecified atom stereocenters. The predicted octanol–water partition coefficient (Wildman–Crippen LogP) is 5.98. The number of methoxy groups -OCH3 is 1. The largest absolute Gasteiger partial charge is 0.494 e. The molecule has 1 saturated heterocycles. The normalized spacial score (nSPS) is 17.0. The zero-order valence-electron chi connectivity index (χ0n) is 29.6. The molecule has 0 aliphatic carbocycles. The first-order chi connectivity index (χ1) is 20.7. The van der Waals surface area contributed by atoms with Gasteiger partial charge in [-0.3, -0.25) is 4.57 Å². The van der Waals surface area contributed by atoms with E-state index >= 15 is 0 Å². The maximum atomic E-state index is 13.5. The van der Waals surface area contributed by atoms with E-state index < -0.39 is 65.4 Å². The van der Waals surface area contributed by atoms with Crippen LogP contribution in [0.2, 0.25) is 0 Å². The highest BCUT2D eigenvalue weighted by atomic mass is 16.7. The smallest absolute Gasteiger partial charge is 0.467 e. The summed E-state index contributed by atoms with van der Waals surface area (Å²) in [4.78, 5) is 54.4. The van der Waals surface area contributed by atoms with Crippen molar-refractivity contribution in [3.8, 4) is 0 Å². The van der Waals surface area contributed by atoms with Gasteiger partial charge in [-0.15, -0.1) is 0 Å². The van der Waals surface area contributed by atoms with Crippen molar-refractivity contribution in [3.05, 3.63) is 30.0 Å². The second-order valence-electron chi connectivity index (χ2n) is 15.4. The molecule has 2 heterocycles. The Kier molecular flexibility index (Phi) is 10.1. The van der Waals surface area contributed by atoms with Gasteiger partial charge in [-0.25, -0.2) is 19.2 Å². The minimum Gasteiger partial charge on any atom is -0.467 e. The van der Waals surface area contributed by atoms with Crippen molar-refractivity contribution in [2.75, 3.05) is 7.11 Å². The van der Waals surface area contributed by atoms with Crippen molar-refractivity contribution in [2.45, 2.75) is 130 Å². The number of carbonyl (C=O) groups excluding carboxylic acids is 4. The number of ether oxygens (including phenoxy) is 4. The number of aromatic nitrogens is 1. The van der Waals surface area contributed by atoms with E-state index in [1.54, 1.807) is 80.5 Å². The maximum absolute atomic E-state index is 13.5. The van der Waals surface area contributed by atoms with E-state index in [9.17, 15) is 19.2 Å². The van der Waals surface area contributed by atoms with E-state index in [0.29, 0.717) is 26.8 Å². The Bertz CT molecular complexity index is 1450. The number of rotatable bonds is 5. The van der Waals surface area contributed by atoms with E-state index in [1.807, 2.05) is 27.7 Å². The summed E-state index contributed by atoms with van der Waals surface area (Å²) >= 11 is 0. The second kappa shape index (κ2) is 12.6. The number of imide groups is 1. The second-order valence-corrected chi connectivity index (χ2v) is 15.4. The monoisotopic (exact) mass is 644 g/mol. The molecule has 0 bridgehead atoms. The van der Waals surface area contributed by atoms with Gasteiger partial charge in [-0.05, 0) is 107 Å². The van der Waals surface area contributed by atoms with Gasteiger partial charge in [0.1, 0.15) is 22.8 Å². The van der Waals surface area contributed by atoms with Crippen molar-refractivity contribution in [2.24, 2.45) is 0 Å². The molecule has 0 N–H and O–H groups in total. The molecule has 13 heteroatoms. The van der Waals surface area contributed by atoms with Gasteiger partial charge in [-0.2, -0.15) is 4.90 Å². The number of hydrogen-bond donors (Lipinski definition) is 0. The number of benzene rings is 1. The zero-order chi connectivity index (χ0) is 35.2. The van der Waals surface area contributed by atoms with Crippen LogP contribution in [0.3, 0.4) is 0 Å². The lowest BCUT2D eigenvalue weighted by Crippen LogP contribution is -2.53. The quantitative estimate of drug-likeness (QED) is 0.218. The van der Waals surface area contributed by atoms with Crippen LogP contribution in [-0.2, 0) is 39.5 Å². The summed E-state index contributed by atoms with van der Waals surface area (Å²) in [7, 11) is 0.432. The highest BCUT2D eigenvalue weighted by molar-refractivity contribution is 6.62. The number of fused-ring (bicyclic) bond motifs is 1. The summed E-state index contributed by atoms with van der Waals surface area (Å²) in [6, 6.07) is 3.80. The molecule has 1 aliphatic heterocycles. The molecule has 46 heavy (non-hydrogen) atoms. The van der Waals surface area contributed by atoms with Gasteiger partial charge in [0, 0.05) is 18.0 Å². The lowest BCUT2D eigenvalue weighted by atomic mass is 9.78. The van der Waals surface area contributed by atoms with Gasteiger partial charge in [0.2, 0.25) is 0 Å². The van der Waals surface area contributed by atoms with Gasteiger partial charge >= 0.3 is 31.4 Å². The van der Waals surface area contributed by atoms with Gasteiger partial charge in [0.15, 0.2) is 0 Å². The van der Waals surface area contributed by atoms with Crippen molar-refractivity contribution < 1.29 is 47.4 Å². The van der Waals surface area contributed by atoms with Crippen LogP contribution in [0, 0.1) is 0 Å². The third-order valence-corrected chi connectivity index (χ3v) is 7.41. The average molecular weight is 645 g/mol. The molecule has 2 aromatic rings. The van der Waals surface area contributed by atoms with Crippen LogP contribution >= 0.6 is 0 Å². The van der Waals surface area contributed by atoms with Gasteiger partial charge < -0.3 is 28.3 Å². The molecular weight excluding hydrogens is 595 g/mol. The van der Waals surface area contributed by atoms with Crippen LogP contribution in [-0.4, -0.2) is 82.0 Å². The number of amides is 2. The maximum Gasteiger partial charge on any atom is 0.494 e. The Morgan fingerprint density at radius 2 is 1.30 bits per heavy atom. The Morgan fingerprint density at radius 1 is 0.826 bits per heavy atom. The number of esters is 1. The molecule has 0 saturated carbocycles. The van der Waals surface area contributed by atoms with Crippen molar-refractivity contribution in [1.82, 2.24) is 9.47 Å². The Morgan fingerprint density at radius 3 is 1.74 bits per heavy atom. The molecular formula is C33H49BN2O10. The summed E-state index contributed by atoms with van der Waals surface area (Å²) in [6.45, 7) is 22.8. The molecule has 1 aromatic heterocycles. The fourth-order valence-electron chi connectivity index (χ4n) is 4.64. The van der Waals surface area contributed by atoms with Crippen LogP contribution in [0.25, 0.3) is 10.9 Å². The highest BCUT2D eigenvalue weighted by Crippen LogP contribution is 2.37. The predicted molar refractivity (Wildman–Crippen MR) is 173 cm³/mol. The lowest BCUT2D eigenvalue weighted by molar-refractivity contribution is -0.146. The summed E-state index contributed by atoms with van der Waals surface area (Å²) < 4.78 is 35.6. The standard InChI is InChI=1S/C33H49BN2O10/c1-29(2,3)42-26(38)35-19-20(22-18-21(15-16-23(22)35)34-45-32(10,11)33(12,13)46-34)17-24(25(37)41-14)36(27(39)43-30(4,5)6)28(40)44-31(7,8)9/h15-16,18-19,24H,17H2,1-14H3. The molecule has 2 amide bonds. The van der Waals surface area contributed by atoms with Gasteiger partial charge in [-0.1, -0.05) is 12.1 Å². The topological polar surface area (TPSA) is 132 Å². The molecule has 3 rings (SSSR count). The third kappa shape index (κ3) is 8.61. The van der Waals surface area contributed by atoms with Crippen molar-refractivity contribution in [3.63, 3.8) is 0 Å². The highest BCUT2D eigenvalue weighted by Gasteiger charge is 2.52. The summed E-state index contributed by atoms with van der Waals surface area (Å²) in [5.41, 5.74) is -2.42. The molecule has 1 fully saturated rings. The van der Waals surface area contributed by atoms with Crippen LogP contribution < -0.4 is 5.46 Å². The van der Waals surface area contributed by atoms with E-state index in [1.165, 1.54) is 10.8 Å². The minimum atomic E-state index is -1.52. The lowest BCUT2D eigenvalue weighted by Gasteiger charge is -2.32. The first-order valence-electron chi connectivity index (χ1n) is 15.3. The van der Waals surface area contributed by atoms with Crippen LogP contribution in [0.1, 0.15) is 95.6 Å².